The number of fused-ring (bicyclic) bond motifs is 1. The summed E-state index contributed by atoms with van der Waals surface area (Å²) in [6, 6.07) is 9.49. The van der Waals surface area contributed by atoms with Gasteiger partial charge in [-0.3, -0.25) is 9.59 Å². The molecule has 1 aliphatic heterocycles. The Labute approximate surface area is 176 Å². The predicted molar refractivity (Wildman–Crippen MR) is 106 cm³/mol. The van der Waals surface area contributed by atoms with Gasteiger partial charge in [0, 0.05) is 14.0 Å². The van der Waals surface area contributed by atoms with E-state index in [0.717, 1.165) is 18.2 Å². The largest absolute Gasteiger partial charge is 0.489 e. The molecule has 0 unspecified atom stereocenters. The van der Waals surface area contributed by atoms with Gasteiger partial charge in [0.1, 0.15) is 18.1 Å². The number of alkyl halides is 3. The molecular weight excluding hydrogens is 417 g/mol. The van der Waals surface area contributed by atoms with E-state index in [2.05, 4.69) is 5.32 Å². The fraction of sp³-hybridized carbons (Fsp3) is 0.333. The highest BCUT2D eigenvalue weighted by molar-refractivity contribution is 6.00. The van der Waals surface area contributed by atoms with Gasteiger partial charge >= 0.3 is 6.18 Å². The lowest BCUT2D eigenvalue weighted by Gasteiger charge is -2.33. The van der Waals surface area contributed by atoms with E-state index in [1.165, 1.54) is 18.9 Å². The molecule has 2 aromatic carbocycles. The number of methoxy groups -OCH3 is 1. The Hall–Kier alpha value is -3.27. The molecule has 0 saturated heterocycles. The number of carbonyl (C=O) groups excluding carboxylic acids is 2. The number of nitrogens with one attached hydrogen (secondary N) is 1. The summed E-state index contributed by atoms with van der Waals surface area (Å²) >= 11 is 0. The van der Waals surface area contributed by atoms with Gasteiger partial charge in [0.15, 0.2) is 6.10 Å². The van der Waals surface area contributed by atoms with E-state index in [4.69, 9.17) is 14.2 Å². The molecule has 0 spiro atoms. The molecule has 0 aromatic heterocycles. The Morgan fingerprint density at radius 2 is 1.94 bits per heavy atom. The summed E-state index contributed by atoms with van der Waals surface area (Å²) in [4.78, 5) is 26.3. The van der Waals surface area contributed by atoms with Crippen molar-refractivity contribution >= 4 is 23.2 Å². The molecule has 1 heterocycles. The zero-order valence-electron chi connectivity index (χ0n) is 16.9. The highest BCUT2D eigenvalue weighted by atomic mass is 19.4. The molecule has 1 aliphatic rings. The van der Waals surface area contributed by atoms with Crippen LogP contribution in [0.5, 0.6) is 11.5 Å². The van der Waals surface area contributed by atoms with Crippen LogP contribution in [0.3, 0.4) is 0 Å². The lowest BCUT2D eigenvalue weighted by molar-refractivity contribution is -0.137. The van der Waals surface area contributed by atoms with Gasteiger partial charge in [-0.05, 0) is 30.3 Å². The molecule has 0 saturated carbocycles. The van der Waals surface area contributed by atoms with E-state index >= 15 is 0 Å². The van der Waals surface area contributed by atoms with Gasteiger partial charge in [-0.2, -0.15) is 13.2 Å². The lowest BCUT2D eigenvalue weighted by Crippen LogP contribution is -2.48. The van der Waals surface area contributed by atoms with Crippen molar-refractivity contribution in [3.63, 3.8) is 0 Å². The third-order valence-corrected chi connectivity index (χ3v) is 4.56. The summed E-state index contributed by atoms with van der Waals surface area (Å²) in [6.45, 7) is 1.56. The van der Waals surface area contributed by atoms with Crippen molar-refractivity contribution in [2.45, 2.75) is 19.2 Å². The number of nitrogens with zero attached hydrogens (tertiary/aromatic N) is 1. The number of benzene rings is 2. The molecule has 0 aliphatic carbocycles. The van der Waals surface area contributed by atoms with Crippen molar-refractivity contribution in [2.75, 3.05) is 37.1 Å². The first-order valence-corrected chi connectivity index (χ1v) is 9.38. The number of halogens is 3. The van der Waals surface area contributed by atoms with Gasteiger partial charge in [-0.15, -0.1) is 0 Å². The monoisotopic (exact) mass is 438 g/mol. The standard InChI is InChI=1S/C21H21F3N2O5/c1-13(27)26-12-19(31-18-6-4-3-5-16(18)26)20(28)25-15-11-14(21(22,23)24)7-8-17(15)30-10-9-29-2/h3-8,11,19H,9-10,12H2,1-2H3,(H,25,28)/t19-/m1/s1. The second-order valence-electron chi connectivity index (χ2n) is 6.74. The molecule has 10 heteroatoms. The summed E-state index contributed by atoms with van der Waals surface area (Å²) in [7, 11) is 1.46. The maximum Gasteiger partial charge on any atom is 0.416 e. The number of hydrogen-bond acceptors (Lipinski definition) is 5. The van der Waals surface area contributed by atoms with Gasteiger partial charge in [0.05, 0.1) is 30.1 Å². The Morgan fingerprint density at radius 1 is 1.19 bits per heavy atom. The SMILES string of the molecule is COCCOc1ccc(C(F)(F)F)cc1NC(=O)[C@H]1CN(C(C)=O)c2ccccc2O1. The first-order chi connectivity index (χ1) is 14.7. The molecule has 31 heavy (non-hydrogen) atoms. The fourth-order valence-corrected chi connectivity index (χ4v) is 3.05. The summed E-state index contributed by atoms with van der Waals surface area (Å²) in [6.07, 6.45) is -5.73. The quantitative estimate of drug-likeness (QED) is 0.699. The highest BCUT2D eigenvalue weighted by Gasteiger charge is 2.34. The first kappa shape index (κ1) is 22.4. The van der Waals surface area contributed by atoms with Gasteiger partial charge < -0.3 is 24.4 Å². The molecule has 3 rings (SSSR count). The van der Waals surface area contributed by atoms with Crippen molar-refractivity contribution in [3.05, 3.63) is 48.0 Å². The van der Waals surface area contributed by atoms with Crippen LogP contribution in [0, 0.1) is 0 Å². The highest BCUT2D eigenvalue weighted by Crippen LogP contribution is 2.36. The van der Waals surface area contributed by atoms with E-state index in [-0.39, 0.29) is 37.1 Å². The Bertz CT molecular complexity index is 964. The van der Waals surface area contributed by atoms with Crippen LogP contribution >= 0.6 is 0 Å². The van der Waals surface area contributed by atoms with Crippen LogP contribution in [0.4, 0.5) is 24.5 Å². The summed E-state index contributed by atoms with van der Waals surface area (Å²) in [5.41, 5.74) is -0.586. The van der Waals surface area contributed by atoms with Gasteiger partial charge in [-0.25, -0.2) is 0 Å². The summed E-state index contributed by atoms with van der Waals surface area (Å²) < 4.78 is 55.5. The molecule has 1 N–H and O–H groups in total. The molecule has 0 radical (unpaired) electrons. The second kappa shape index (κ2) is 9.25. The van der Waals surface area contributed by atoms with Crippen LogP contribution in [-0.2, 0) is 20.5 Å². The Balaban J connectivity index is 1.85. The molecule has 7 nitrogen and oxygen atoms in total. The maximum atomic E-state index is 13.2. The van der Waals surface area contributed by atoms with Crippen LogP contribution in [0.2, 0.25) is 0 Å². The maximum absolute atomic E-state index is 13.2. The molecule has 166 valence electrons. The van der Waals surface area contributed by atoms with Gasteiger partial charge in [0.2, 0.25) is 5.91 Å². The van der Waals surface area contributed by atoms with Crippen LogP contribution in [0.15, 0.2) is 42.5 Å². The van der Waals surface area contributed by atoms with E-state index in [1.807, 2.05) is 0 Å². The van der Waals surface area contributed by atoms with E-state index in [9.17, 15) is 22.8 Å². The summed E-state index contributed by atoms with van der Waals surface area (Å²) in [5.74, 6) is -0.629. The van der Waals surface area contributed by atoms with Crippen LogP contribution in [0.25, 0.3) is 0 Å². The lowest BCUT2D eigenvalue weighted by atomic mass is 10.1. The number of carbonyl (C=O) groups is 2. The predicted octanol–water partition coefficient (Wildman–Crippen LogP) is 3.48. The first-order valence-electron chi connectivity index (χ1n) is 9.38. The number of rotatable bonds is 6. The molecule has 2 aromatic rings. The normalized spacial score (nSPS) is 15.6. The number of amides is 2. The average Bonchev–Trinajstić information content (AvgIpc) is 2.73. The van der Waals surface area contributed by atoms with Gasteiger partial charge in [0.25, 0.3) is 5.91 Å². The molecule has 2 amide bonds. The zero-order chi connectivity index (χ0) is 22.6. The Morgan fingerprint density at radius 3 is 2.61 bits per heavy atom. The molecule has 0 fully saturated rings. The molecule has 1 atom stereocenters. The number of anilines is 2. The van der Waals surface area contributed by atoms with E-state index in [0.29, 0.717) is 11.4 Å². The van der Waals surface area contributed by atoms with Crippen molar-refractivity contribution < 1.29 is 37.0 Å². The zero-order valence-corrected chi connectivity index (χ0v) is 16.9. The van der Waals surface area contributed by atoms with Crippen LogP contribution in [-0.4, -0.2) is 44.8 Å². The van der Waals surface area contributed by atoms with Crippen molar-refractivity contribution in [3.8, 4) is 11.5 Å². The average molecular weight is 438 g/mol. The topological polar surface area (TPSA) is 77.1 Å². The minimum Gasteiger partial charge on any atom is -0.489 e. The Kier molecular flexibility index (Phi) is 6.69. The van der Waals surface area contributed by atoms with Crippen LogP contribution < -0.4 is 19.7 Å². The fourth-order valence-electron chi connectivity index (χ4n) is 3.05. The third kappa shape index (κ3) is 5.26. The van der Waals surface area contributed by atoms with Crippen molar-refractivity contribution in [1.29, 1.82) is 0 Å². The van der Waals surface area contributed by atoms with E-state index in [1.54, 1.807) is 24.3 Å². The molecule has 0 bridgehead atoms. The third-order valence-electron chi connectivity index (χ3n) is 4.56. The van der Waals surface area contributed by atoms with Crippen LogP contribution in [0.1, 0.15) is 12.5 Å². The van der Waals surface area contributed by atoms with Crippen molar-refractivity contribution in [1.82, 2.24) is 0 Å². The summed E-state index contributed by atoms with van der Waals surface area (Å²) in [5, 5.41) is 2.44. The second-order valence-corrected chi connectivity index (χ2v) is 6.74. The number of hydrogen-bond donors (Lipinski definition) is 1. The smallest absolute Gasteiger partial charge is 0.416 e. The minimum atomic E-state index is -4.60. The van der Waals surface area contributed by atoms with E-state index < -0.39 is 23.8 Å². The number of ether oxygens (including phenoxy) is 3. The number of para-hydroxylation sites is 2. The minimum absolute atomic E-state index is 0.0537. The van der Waals surface area contributed by atoms with Gasteiger partial charge in [-0.1, -0.05) is 12.1 Å². The molecular formula is C21H21F3N2O5. The van der Waals surface area contributed by atoms with Crippen molar-refractivity contribution in [2.24, 2.45) is 0 Å².